The SMILES string of the molecule is CCCS(=O)(=O)N(CC)CC(C)C#N. The van der Waals surface area contributed by atoms with Gasteiger partial charge >= 0.3 is 0 Å². The molecule has 0 saturated heterocycles. The Morgan fingerprint density at radius 2 is 2.00 bits per heavy atom. The standard InChI is InChI=1S/C9H18N2O2S/c1-4-6-14(12,13)11(5-2)8-9(3)7-10/h9H,4-6,8H2,1-3H3. The van der Waals surface area contributed by atoms with E-state index in [4.69, 9.17) is 5.26 Å². The van der Waals surface area contributed by atoms with Crippen LogP contribution in [0.15, 0.2) is 0 Å². The molecule has 5 heteroatoms. The molecule has 0 spiro atoms. The second-order valence-corrected chi connectivity index (χ2v) is 5.39. The van der Waals surface area contributed by atoms with Gasteiger partial charge in [0, 0.05) is 13.1 Å². The summed E-state index contributed by atoms with van der Waals surface area (Å²) in [7, 11) is -3.15. The van der Waals surface area contributed by atoms with Gasteiger partial charge in [-0.3, -0.25) is 0 Å². The Kier molecular flexibility index (Phi) is 5.73. The lowest BCUT2D eigenvalue weighted by atomic mass is 10.2. The van der Waals surface area contributed by atoms with E-state index >= 15 is 0 Å². The quantitative estimate of drug-likeness (QED) is 0.673. The summed E-state index contributed by atoms with van der Waals surface area (Å²) in [6.07, 6.45) is 0.611. The molecule has 0 fully saturated rings. The van der Waals surface area contributed by atoms with E-state index in [1.807, 2.05) is 13.0 Å². The van der Waals surface area contributed by atoms with Crippen molar-refractivity contribution < 1.29 is 8.42 Å². The van der Waals surface area contributed by atoms with Crippen molar-refractivity contribution in [1.29, 1.82) is 5.26 Å². The number of nitrogens with zero attached hydrogens (tertiary/aromatic N) is 2. The van der Waals surface area contributed by atoms with Crippen LogP contribution in [0.4, 0.5) is 0 Å². The molecule has 0 aliphatic heterocycles. The van der Waals surface area contributed by atoms with Crippen molar-refractivity contribution in [3.05, 3.63) is 0 Å². The fourth-order valence-corrected chi connectivity index (χ4v) is 2.79. The maximum absolute atomic E-state index is 11.6. The van der Waals surface area contributed by atoms with Gasteiger partial charge in [-0.25, -0.2) is 12.7 Å². The highest BCUT2D eigenvalue weighted by Gasteiger charge is 2.20. The van der Waals surface area contributed by atoms with Crippen molar-refractivity contribution >= 4 is 10.0 Å². The topological polar surface area (TPSA) is 61.2 Å². The van der Waals surface area contributed by atoms with E-state index < -0.39 is 10.0 Å². The van der Waals surface area contributed by atoms with E-state index in [1.165, 1.54) is 4.31 Å². The van der Waals surface area contributed by atoms with E-state index in [0.717, 1.165) is 0 Å². The number of hydrogen-bond acceptors (Lipinski definition) is 3. The van der Waals surface area contributed by atoms with E-state index in [-0.39, 0.29) is 11.7 Å². The number of sulfonamides is 1. The summed E-state index contributed by atoms with van der Waals surface area (Å²) in [4.78, 5) is 0. The largest absolute Gasteiger partial charge is 0.214 e. The molecule has 0 N–H and O–H groups in total. The monoisotopic (exact) mass is 218 g/mol. The number of hydrogen-bond donors (Lipinski definition) is 0. The Morgan fingerprint density at radius 3 is 2.36 bits per heavy atom. The highest BCUT2D eigenvalue weighted by atomic mass is 32.2. The van der Waals surface area contributed by atoms with E-state index in [9.17, 15) is 8.42 Å². The lowest BCUT2D eigenvalue weighted by Gasteiger charge is -2.20. The van der Waals surface area contributed by atoms with Crippen molar-refractivity contribution in [3.63, 3.8) is 0 Å². The third-order valence-corrected chi connectivity index (χ3v) is 4.02. The van der Waals surface area contributed by atoms with Crippen LogP contribution in [-0.4, -0.2) is 31.6 Å². The number of nitriles is 1. The van der Waals surface area contributed by atoms with Crippen molar-refractivity contribution in [3.8, 4) is 6.07 Å². The molecule has 0 bridgehead atoms. The lowest BCUT2D eigenvalue weighted by molar-refractivity contribution is 0.399. The zero-order valence-electron chi connectivity index (χ0n) is 9.02. The van der Waals surface area contributed by atoms with Crippen molar-refractivity contribution in [2.24, 2.45) is 5.92 Å². The second-order valence-electron chi connectivity index (χ2n) is 3.30. The highest BCUT2D eigenvalue weighted by molar-refractivity contribution is 7.89. The molecule has 82 valence electrons. The molecule has 0 heterocycles. The molecule has 0 amide bonds. The van der Waals surface area contributed by atoms with Crippen LogP contribution in [0.3, 0.4) is 0 Å². The average molecular weight is 218 g/mol. The molecule has 0 radical (unpaired) electrons. The maximum Gasteiger partial charge on any atom is 0.214 e. The van der Waals surface area contributed by atoms with Crippen LogP contribution in [0.1, 0.15) is 27.2 Å². The van der Waals surface area contributed by atoms with Gasteiger partial charge in [0.15, 0.2) is 0 Å². The van der Waals surface area contributed by atoms with Gasteiger partial charge in [-0.1, -0.05) is 13.8 Å². The Hall–Kier alpha value is -0.600. The summed E-state index contributed by atoms with van der Waals surface area (Å²) in [6.45, 7) is 6.09. The third kappa shape index (κ3) is 4.07. The van der Waals surface area contributed by atoms with Crippen LogP contribution in [0.25, 0.3) is 0 Å². The third-order valence-electron chi connectivity index (χ3n) is 1.91. The summed E-state index contributed by atoms with van der Waals surface area (Å²) >= 11 is 0. The van der Waals surface area contributed by atoms with Crippen molar-refractivity contribution in [1.82, 2.24) is 4.31 Å². The Bertz CT molecular complexity index is 292. The predicted octanol–water partition coefficient (Wildman–Crippen LogP) is 1.21. The first kappa shape index (κ1) is 13.4. The van der Waals surface area contributed by atoms with Gasteiger partial charge in [0.05, 0.1) is 17.7 Å². The first-order valence-electron chi connectivity index (χ1n) is 4.85. The zero-order chi connectivity index (χ0) is 11.2. The summed E-state index contributed by atoms with van der Waals surface area (Å²) in [5, 5.41) is 8.60. The van der Waals surface area contributed by atoms with Crippen LogP contribution < -0.4 is 0 Å². The summed E-state index contributed by atoms with van der Waals surface area (Å²) < 4.78 is 24.6. The van der Waals surface area contributed by atoms with Gasteiger partial charge in [0.1, 0.15) is 0 Å². The molecule has 0 aliphatic rings. The van der Waals surface area contributed by atoms with Crippen LogP contribution in [0.2, 0.25) is 0 Å². The molecular weight excluding hydrogens is 200 g/mol. The summed E-state index contributed by atoms with van der Waals surface area (Å²) in [5.41, 5.74) is 0. The second kappa shape index (κ2) is 5.99. The van der Waals surface area contributed by atoms with Crippen LogP contribution in [0.5, 0.6) is 0 Å². The van der Waals surface area contributed by atoms with Crippen LogP contribution >= 0.6 is 0 Å². The van der Waals surface area contributed by atoms with Gasteiger partial charge in [0.25, 0.3) is 0 Å². The normalized spacial score (nSPS) is 13.9. The molecule has 0 aromatic rings. The minimum absolute atomic E-state index is 0.166. The number of rotatable bonds is 6. The maximum atomic E-state index is 11.6. The van der Waals surface area contributed by atoms with E-state index in [1.54, 1.807) is 13.8 Å². The summed E-state index contributed by atoms with van der Waals surface area (Å²) in [5.74, 6) is -0.0829. The lowest BCUT2D eigenvalue weighted by Crippen LogP contribution is -2.35. The van der Waals surface area contributed by atoms with Gasteiger partial charge in [0.2, 0.25) is 10.0 Å². The molecule has 0 aromatic carbocycles. The molecule has 0 saturated carbocycles. The Morgan fingerprint density at radius 1 is 1.43 bits per heavy atom. The van der Waals surface area contributed by atoms with Gasteiger partial charge in [-0.15, -0.1) is 0 Å². The highest BCUT2D eigenvalue weighted by Crippen LogP contribution is 2.06. The molecule has 14 heavy (non-hydrogen) atoms. The molecule has 0 rings (SSSR count). The van der Waals surface area contributed by atoms with E-state index in [2.05, 4.69) is 0 Å². The molecule has 1 unspecified atom stereocenters. The molecular formula is C9H18N2O2S. The van der Waals surface area contributed by atoms with Crippen molar-refractivity contribution in [2.45, 2.75) is 27.2 Å². The predicted molar refractivity (Wildman–Crippen MR) is 56.1 cm³/mol. The fourth-order valence-electron chi connectivity index (χ4n) is 1.17. The average Bonchev–Trinajstić information content (AvgIpc) is 2.13. The summed E-state index contributed by atoms with van der Waals surface area (Å²) in [6, 6.07) is 2.04. The first-order chi connectivity index (χ1) is 6.47. The van der Waals surface area contributed by atoms with Crippen molar-refractivity contribution in [2.75, 3.05) is 18.8 Å². The molecule has 0 aliphatic carbocycles. The van der Waals surface area contributed by atoms with Gasteiger partial charge < -0.3 is 0 Å². The minimum Gasteiger partial charge on any atom is -0.212 e. The molecule has 1 atom stereocenters. The Labute approximate surface area is 86.6 Å². The van der Waals surface area contributed by atoms with Gasteiger partial charge in [-0.05, 0) is 13.3 Å². The molecule has 4 nitrogen and oxygen atoms in total. The van der Waals surface area contributed by atoms with Crippen LogP contribution in [-0.2, 0) is 10.0 Å². The smallest absolute Gasteiger partial charge is 0.212 e. The minimum atomic E-state index is -3.15. The first-order valence-corrected chi connectivity index (χ1v) is 6.46. The fraction of sp³-hybridized carbons (Fsp3) is 0.889. The van der Waals surface area contributed by atoms with Crippen LogP contribution in [0, 0.1) is 17.2 Å². The zero-order valence-corrected chi connectivity index (χ0v) is 9.84. The molecule has 0 aromatic heterocycles. The van der Waals surface area contributed by atoms with Gasteiger partial charge in [-0.2, -0.15) is 5.26 Å². The Balaban J connectivity index is 4.50. The van der Waals surface area contributed by atoms with E-state index in [0.29, 0.717) is 19.5 Å².